The Labute approximate surface area is 175 Å². The van der Waals surface area contributed by atoms with E-state index in [9.17, 15) is 14.3 Å². The number of carbonyl (C=O) groups excluding carboxylic acids is 1. The van der Waals surface area contributed by atoms with E-state index in [1.165, 1.54) is 6.07 Å². The van der Waals surface area contributed by atoms with E-state index in [0.717, 1.165) is 40.6 Å². The standard InChI is InChI=1S/C24H26FN3O2/c1-13-17-11-15(7-10-20(17)27(4)26-13)16-8-9-19(25)18-12-28(23(29)21(16)18)22(14-5-6-14)24(2,3)30/h7-11,14,22,30H,5-6,12H2,1-4H3/t22-/m1/s1. The highest BCUT2D eigenvalue weighted by atomic mass is 19.1. The number of aryl methyl sites for hydroxylation is 2. The second kappa shape index (κ2) is 6.38. The van der Waals surface area contributed by atoms with Crippen LogP contribution in [0.5, 0.6) is 0 Å². The van der Waals surface area contributed by atoms with Crippen LogP contribution in [0.25, 0.3) is 22.0 Å². The molecule has 0 radical (unpaired) electrons. The molecule has 3 aromatic rings. The first-order chi connectivity index (χ1) is 14.2. The molecule has 30 heavy (non-hydrogen) atoms. The molecule has 5 nitrogen and oxygen atoms in total. The summed E-state index contributed by atoms with van der Waals surface area (Å²) in [6.07, 6.45) is 1.97. The number of halogens is 1. The number of nitrogens with zero attached hydrogens (tertiary/aromatic N) is 3. The highest BCUT2D eigenvalue weighted by molar-refractivity contribution is 6.05. The summed E-state index contributed by atoms with van der Waals surface area (Å²) in [7, 11) is 1.90. The number of fused-ring (bicyclic) bond motifs is 2. The van der Waals surface area contributed by atoms with Crippen LogP contribution < -0.4 is 0 Å². The van der Waals surface area contributed by atoms with Gasteiger partial charge >= 0.3 is 0 Å². The minimum absolute atomic E-state index is 0.193. The lowest BCUT2D eigenvalue weighted by Crippen LogP contribution is -2.51. The van der Waals surface area contributed by atoms with E-state index in [1.807, 2.05) is 36.9 Å². The zero-order chi connectivity index (χ0) is 21.4. The van der Waals surface area contributed by atoms with Crippen LogP contribution in [0.2, 0.25) is 0 Å². The van der Waals surface area contributed by atoms with E-state index in [1.54, 1.807) is 24.8 Å². The molecule has 6 heteroatoms. The maximum atomic E-state index is 14.8. The van der Waals surface area contributed by atoms with Crippen LogP contribution in [0.1, 0.15) is 48.3 Å². The van der Waals surface area contributed by atoms with E-state index in [4.69, 9.17) is 0 Å². The fraction of sp³-hybridized carbons (Fsp3) is 0.417. The third-order valence-corrected chi connectivity index (χ3v) is 6.53. The highest BCUT2D eigenvalue weighted by Gasteiger charge is 2.48. The topological polar surface area (TPSA) is 58.4 Å². The van der Waals surface area contributed by atoms with Crippen molar-refractivity contribution in [2.75, 3.05) is 0 Å². The van der Waals surface area contributed by atoms with Gasteiger partial charge in [-0.3, -0.25) is 9.48 Å². The van der Waals surface area contributed by atoms with Crippen LogP contribution in [0.15, 0.2) is 30.3 Å². The first-order valence-corrected chi connectivity index (χ1v) is 10.4. The zero-order valence-corrected chi connectivity index (χ0v) is 17.7. The smallest absolute Gasteiger partial charge is 0.255 e. The molecule has 1 aliphatic heterocycles. The lowest BCUT2D eigenvalue weighted by molar-refractivity contribution is -0.0225. The molecule has 1 fully saturated rings. The van der Waals surface area contributed by atoms with Crippen molar-refractivity contribution in [3.63, 3.8) is 0 Å². The fourth-order valence-electron chi connectivity index (χ4n) is 5.11. The Hall–Kier alpha value is -2.73. The van der Waals surface area contributed by atoms with E-state index in [2.05, 4.69) is 5.10 Å². The fourth-order valence-corrected chi connectivity index (χ4v) is 5.11. The Balaban J connectivity index is 1.63. The number of rotatable bonds is 4. The molecule has 2 heterocycles. The van der Waals surface area contributed by atoms with E-state index in [-0.39, 0.29) is 30.2 Å². The number of carbonyl (C=O) groups is 1. The molecular weight excluding hydrogens is 381 g/mol. The van der Waals surface area contributed by atoms with Crippen LogP contribution in [-0.4, -0.2) is 37.3 Å². The van der Waals surface area contributed by atoms with Gasteiger partial charge in [-0.05, 0) is 68.9 Å². The van der Waals surface area contributed by atoms with Crippen molar-refractivity contribution < 1.29 is 14.3 Å². The quantitative estimate of drug-likeness (QED) is 0.705. The van der Waals surface area contributed by atoms with Gasteiger partial charge < -0.3 is 10.0 Å². The molecule has 5 rings (SSSR count). The van der Waals surface area contributed by atoms with Gasteiger partial charge in [0.15, 0.2) is 0 Å². The van der Waals surface area contributed by atoms with Gasteiger partial charge in [0.1, 0.15) is 5.82 Å². The molecular formula is C24H26FN3O2. The minimum Gasteiger partial charge on any atom is -0.388 e. The first kappa shape index (κ1) is 19.2. The molecule has 1 aromatic heterocycles. The van der Waals surface area contributed by atoms with Gasteiger partial charge in [0, 0.05) is 18.0 Å². The normalized spacial score (nSPS) is 17.7. The summed E-state index contributed by atoms with van der Waals surface area (Å²) in [5, 5.41) is 16.2. The lowest BCUT2D eigenvalue weighted by Gasteiger charge is -2.37. The Bertz CT molecular complexity index is 1190. The maximum Gasteiger partial charge on any atom is 0.255 e. The van der Waals surface area contributed by atoms with Crippen LogP contribution in [0.3, 0.4) is 0 Å². The maximum absolute atomic E-state index is 14.8. The van der Waals surface area contributed by atoms with Gasteiger partial charge in [-0.1, -0.05) is 12.1 Å². The third kappa shape index (κ3) is 2.85. The van der Waals surface area contributed by atoms with Gasteiger partial charge in [0.25, 0.3) is 5.91 Å². The van der Waals surface area contributed by atoms with Gasteiger partial charge in [-0.15, -0.1) is 0 Å². The van der Waals surface area contributed by atoms with Crippen LogP contribution in [-0.2, 0) is 13.6 Å². The Morgan fingerprint density at radius 1 is 1.23 bits per heavy atom. The van der Waals surface area contributed by atoms with Crippen molar-refractivity contribution >= 4 is 16.8 Å². The van der Waals surface area contributed by atoms with Crippen molar-refractivity contribution in [3.05, 3.63) is 53.0 Å². The molecule has 0 spiro atoms. The van der Waals surface area contributed by atoms with Gasteiger partial charge in [-0.2, -0.15) is 5.10 Å². The molecule has 1 amide bonds. The van der Waals surface area contributed by atoms with E-state index >= 15 is 0 Å². The van der Waals surface area contributed by atoms with Crippen LogP contribution >= 0.6 is 0 Å². The molecule has 1 saturated carbocycles. The van der Waals surface area contributed by atoms with Gasteiger partial charge in [0.05, 0.1) is 35.0 Å². The predicted octanol–water partition coefficient (Wildman–Crippen LogP) is 4.19. The summed E-state index contributed by atoms with van der Waals surface area (Å²) in [5.74, 6) is -0.292. The second-order valence-corrected chi connectivity index (χ2v) is 9.26. The summed E-state index contributed by atoms with van der Waals surface area (Å²) in [6.45, 7) is 5.63. The van der Waals surface area contributed by atoms with Gasteiger partial charge in [0.2, 0.25) is 0 Å². The minimum atomic E-state index is -1.04. The number of benzene rings is 2. The lowest BCUT2D eigenvalue weighted by atomic mass is 9.92. The SMILES string of the molecule is Cc1nn(C)c2ccc(-c3ccc(F)c4c3C(=O)N([C@H](C3CC3)C(C)(C)O)C4)cc12. The molecule has 0 bridgehead atoms. The molecule has 0 unspecified atom stereocenters. The van der Waals surface area contributed by atoms with Crippen molar-refractivity contribution in [3.8, 4) is 11.1 Å². The largest absolute Gasteiger partial charge is 0.388 e. The number of aromatic nitrogens is 2. The summed E-state index contributed by atoms with van der Waals surface area (Å²) >= 11 is 0. The Kier molecular flexibility index (Phi) is 4.09. The Morgan fingerprint density at radius 3 is 2.63 bits per heavy atom. The van der Waals surface area contributed by atoms with Crippen LogP contribution in [0, 0.1) is 18.7 Å². The summed E-state index contributed by atoms with van der Waals surface area (Å²) in [4.78, 5) is 15.2. The van der Waals surface area contributed by atoms with Crippen molar-refractivity contribution in [2.45, 2.75) is 51.8 Å². The first-order valence-electron chi connectivity index (χ1n) is 10.4. The molecule has 0 saturated heterocycles. The molecule has 2 aromatic carbocycles. The van der Waals surface area contributed by atoms with Crippen molar-refractivity contribution in [2.24, 2.45) is 13.0 Å². The molecule has 1 atom stereocenters. The zero-order valence-electron chi connectivity index (χ0n) is 17.7. The van der Waals surface area contributed by atoms with Gasteiger partial charge in [-0.25, -0.2) is 4.39 Å². The second-order valence-electron chi connectivity index (χ2n) is 9.26. The number of hydrogen-bond donors (Lipinski definition) is 1. The molecule has 1 aliphatic carbocycles. The molecule has 2 aliphatic rings. The third-order valence-electron chi connectivity index (χ3n) is 6.53. The Morgan fingerprint density at radius 2 is 1.97 bits per heavy atom. The summed E-state index contributed by atoms with van der Waals surface area (Å²) in [6, 6.07) is 8.80. The van der Waals surface area contributed by atoms with Crippen molar-refractivity contribution in [1.29, 1.82) is 0 Å². The average molecular weight is 407 g/mol. The van der Waals surface area contributed by atoms with E-state index < -0.39 is 5.60 Å². The van der Waals surface area contributed by atoms with Crippen LogP contribution in [0.4, 0.5) is 4.39 Å². The number of amides is 1. The highest BCUT2D eigenvalue weighted by Crippen LogP contribution is 2.44. The number of aliphatic hydroxyl groups is 1. The molecule has 156 valence electrons. The summed E-state index contributed by atoms with van der Waals surface area (Å²) in [5.41, 5.74) is 3.34. The predicted molar refractivity (Wildman–Crippen MR) is 114 cm³/mol. The number of hydrogen-bond acceptors (Lipinski definition) is 3. The monoisotopic (exact) mass is 407 g/mol. The summed E-state index contributed by atoms with van der Waals surface area (Å²) < 4.78 is 16.6. The average Bonchev–Trinajstić information content (AvgIpc) is 3.39. The molecule has 1 N–H and O–H groups in total. The van der Waals surface area contributed by atoms with Crippen molar-refractivity contribution in [1.82, 2.24) is 14.7 Å². The van der Waals surface area contributed by atoms with E-state index in [0.29, 0.717) is 11.1 Å².